The van der Waals surface area contributed by atoms with Gasteiger partial charge in [0.15, 0.2) is 18.1 Å². The molecule has 3 amide bonds. The second kappa shape index (κ2) is 10.6. The van der Waals surface area contributed by atoms with Crippen LogP contribution in [0.25, 0.3) is 6.08 Å². The van der Waals surface area contributed by atoms with Gasteiger partial charge in [-0.2, -0.15) is 0 Å². The molecule has 2 aliphatic heterocycles. The van der Waals surface area contributed by atoms with E-state index in [0.717, 1.165) is 22.2 Å². The molecule has 5 rings (SSSR count). The van der Waals surface area contributed by atoms with Crippen molar-refractivity contribution < 1.29 is 28.6 Å². The molecule has 0 aromatic heterocycles. The van der Waals surface area contributed by atoms with E-state index in [1.54, 1.807) is 42.5 Å². The van der Waals surface area contributed by atoms with E-state index in [9.17, 15) is 14.4 Å². The molecule has 10 heteroatoms. The fourth-order valence-electron chi connectivity index (χ4n) is 3.68. The Bertz CT molecular complexity index is 1410. The second-order valence-electron chi connectivity index (χ2n) is 8.34. The standard InChI is InChI=1S/C27H21ClN2O6S/c1-16-2-6-19(7-3-16)29-25(31)14-34-20-8-4-17(5-9-20)10-24-26(32)30(27(33)37-24)13-18-11-22-23(12-21(18)28)36-15-35-22/h2-12H,13-15H2,1H3,(H,29,31)/b24-10-. The van der Waals surface area contributed by atoms with Crippen LogP contribution in [0.1, 0.15) is 16.7 Å². The third kappa shape index (κ3) is 5.73. The van der Waals surface area contributed by atoms with Crippen molar-refractivity contribution in [3.8, 4) is 17.2 Å². The van der Waals surface area contributed by atoms with Crippen LogP contribution >= 0.6 is 23.4 Å². The zero-order valence-electron chi connectivity index (χ0n) is 19.7. The Morgan fingerprint density at radius 3 is 2.51 bits per heavy atom. The monoisotopic (exact) mass is 536 g/mol. The van der Waals surface area contributed by atoms with Crippen LogP contribution in [0.2, 0.25) is 5.02 Å². The number of hydrogen-bond acceptors (Lipinski definition) is 7. The predicted octanol–water partition coefficient (Wildman–Crippen LogP) is 5.63. The van der Waals surface area contributed by atoms with Crippen LogP contribution in [-0.4, -0.2) is 35.4 Å². The molecule has 37 heavy (non-hydrogen) atoms. The number of carbonyl (C=O) groups is 3. The summed E-state index contributed by atoms with van der Waals surface area (Å²) >= 11 is 7.17. The van der Waals surface area contributed by atoms with E-state index < -0.39 is 5.91 Å². The van der Waals surface area contributed by atoms with Crippen LogP contribution in [0, 0.1) is 6.92 Å². The zero-order valence-corrected chi connectivity index (χ0v) is 21.2. The lowest BCUT2D eigenvalue weighted by atomic mass is 10.1. The predicted molar refractivity (Wildman–Crippen MR) is 141 cm³/mol. The molecule has 0 aliphatic carbocycles. The first-order chi connectivity index (χ1) is 17.9. The number of nitrogens with one attached hydrogen (secondary N) is 1. The summed E-state index contributed by atoms with van der Waals surface area (Å²) in [5.41, 5.74) is 3.10. The number of thioether (sulfide) groups is 1. The van der Waals surface area contributed by atoms with Crippen molar-refractivity contribution in [3.63, 3.8) is 0 Å². The Kier molecular flexibility index (Phi) is 7.07. The van der Waals surface area contributed by atoms with E-state index in [-0.39, 0.29) is 31.1 Å². The molecule has 1 fully saturated rings. The third-order valence-corrected chi connectivity index (χ3v) is 6.89. The van der Waals surface area contributed by atoms with Crippen molar-refractivity contribution in [2.24, 2.45) is 0 Å². The van der Waals surface area contributed by atoms with Gasteiger partial charge in [-0.1, -0.05) is 41.4 Å². The minimum atomic E-state index is -0.406. The number of fused-ring (bicyclic) bond motifs is 1. The number of imide groups is 1. The molecule has 3 aromatic carbocycles. The average Bonchev–Trinajstić information content (AvgIpc) is 3.44. The van der Waals surface area contributed by atoms with E-state index in [0.29, 0.717) is 44.0 Å². The molecular weight excluding hydrogens is 516 g/mol. The van der Waals surface area contributed by atoms with E-state index in [1.165, 1.54) is 0 Å². The maximum Gasteiger partial charge on any atom is 0.293 e. The molecule has 2 aliphatic rings. The highest BCUT2D eigenvalue weighted by atomic mass is 35.5. The van der Waals surface area contributed by atoms with Crippen LogP contribution in [0.3, 0.4) is 0 Å². The van der Waals surface area contributed by atoms with Gasteiger partial charge in [0.1, 0.15) is 5.75 Å². The summed E-state index contributed by atoms with van der Waals surface area (Å²) in [4.78, 5) is 39.1. The Labute approximate surface area is 222 Å². The van der Waals surface area contributed by atoms with Crippen LogP contribution in [0.15, 0.2) is 65.6 Å². The number of anilines is 1. The van der Waals surface area contributed by atoms with Gasteiger partial charge in [-0.25, -0.2) is 0 Å². The Morgan fingerprint density at radius 1 is 1.08 bits per heavy atom. The van der Waals surface area contributed by atoms with Gasteiger partial charge in [-0.3, -0.25) is 19.3 Å². The quantitative estimate of drug-likeness (QED) is 0.391. The van der Waals surface area contributed by atoms with E-state index in [4.69, 9.17) is 25.8 Å². The third-order valence-electron chi connectivity index (χ3n) is 5.63. The first-order valence-corrected chi connectivity index (χ1v) is 12.5. The first-order valence-electron chi connectivity index (χ1n) is 11.3. The molecule has 2 heterocycles. The summed E-state index contributed by atoms with van der Waals surface area (Å²) in [5.74, 6) is 0.877. The van der Waals surface area contributed by atoms with Crippen molar-refractivity contribution >= 4 is 52.2 Å². The topological polar surface area (TPSA) is 94.2 Å². The highest BCUT2D eigenvalue weighted by Gasteiger charge is 2.35. The summed E-state index contributed by atoms with van der Waals surface area (Å²) in [6.07, 6.45) is 1.64. The number of benzene rings is 3. The highest BCUT2D eigenvalue weighted by Crippen LogP contribution is 2.39. The molecule has 0 bridgehead atoms. The van der Waals surface area contributed by atoms with Gasteiger partial charge < -0.3 is 19.5 Å². The van der Waals surface area contributed by atoms with Crippen molar-refractivity contribution in [1.29, 1.82) is 0 Å². The smallest absolute Gasteiger partial charge is 0.293 e. The molecule has 0 spiro atoms. The lowest BCUT2D eigenvalue weighted by Gasteiger charge is -2.14. The maximum absolute atomic E-state index is 12.9. The molecule has 188 valence electrons. The normalized spacial score (nSPS) is 15.4. The number of carbonyl (C=O) groups excluding carboxylic acids is 3. The van der Waals surface area contributed by atoms with Crippen molar-refractivity contribution in [3.05, 3.63) is 87.3 Å². The number of nitrogens with zero attached hydrogens (tertiary/aromatic N) is 1. The SMILES string of the molecule is Cc1ccc(NC(=O)COc2ccc(/C=C3\SC(=O)N(Cc4cc5c(cc4Cl)OCO5)C3=O)cc2)cc1. The number of ether oxygens (including phenoxy) is 3. The zero-order chi connectivity index (χ0) is 25.9. The Hall–Kier alpha value is -3.95. The maximum atomic E-state index is 12.9. The van der Waals surface area contributed by atoms with Crippen molar-refractivity contribution in [2.45, 2.75) is 13.5 Å². The molecule has 0 unspecified atom stereocenters. The number of rotatable bonds is 7. The minimum Gasteiger partial charge on any atom is -0.484 e. The molecule has 3 aromatic rings. The van der Waals surface area contributed by atoms with Crippen LogP contribution < -0.4 is 19.5 Å². The van der Waals surface area contributed by atoms with Gasteiger partial charge in [-0.15, -0.1) is 0 Å². The van der Waals surface area contributed by atoms with E-state index >= 15 is 0 Å². The number of halogens is 1. The molecule has 1 N–H and O–H groups in total. The first kappa shape index (κ1) is 24.7. The van der Waals surface area contributed by atoms with Crippen LogP contribution in [-0.2, 0) is 16.1 Å². The average molecular weight is 537 g/mol. The molecular formula is C27H21ClN2O6S. The lowest BCUT2D eigenvalue weighted by Crippen LogP contribution is -2.27. The molecule has 1 saturated heterocycles. The van der Waals surface area contributed by atoms with Gasteiger partial charge in [0.05, 0.1) is 11.4 Å². The van der Waals surface area contributed by atoms with Crippen LogP contribution in [0.5, 0.6) is 17.2 Å². The summed E-state index contributed by atoms with van der Waals surface area (Å²) in [6.45, 7) is 1.95. The fourth-order valence-corrected chi connectivity index (χ4v) is 4.73. The largest absolute Gasteiger partial charge is 0.484 e. The molecule has 0 atom stereocenters. The van der Waals surface area contributed by atoms with Crippen LogP contribution in [0.4, 0.5) is 10.5 Å². The highest BCUT2D eigenvalue weighted by molar-refractivity contribution is 8.18. The van der Waals surface area contributed by atoms with Crippen molar-refractivity contribution in [1.82, 2.24) is 4.90 Å². The summed E-state index contributed by atoms with van der Waals surface area (Å²) < 4.78 is 16.2. The molecule has 8 nitrogen and oxygen atoms in total. The minimum absolute atomic E-state index is 0.0227. The van der Waals surface area contributed by atoms with Gasteiger partial charge in [-0.05, 0) is 66.2 Å². The molecule has 0 radical (unpaired) electrons. The number of aryl methyl sites for hydroxylation is 1. The second-order valence-corrected chi connectivity index (χ2v) is 9.74. The Morgan fingerprint density at radius 2 is 1.78 bits per heavy atom. The fraction of sp³-hybridized carbons (Fsp3) is 0.148. The van der Waals surface area contributed by atoms with Gasteiger partial charge >= 0.3 is 0 Å². The van der Waals surface area contributed by atoms with Gasteiger partial charge in [0.2, 0.25) is 6.79 Å². The Balaban J connectivity index is 1.19. The summed E-state index contributed by atoms with van der Waals surface area (Å²) in [6, 6.07) is 17.7. The van der Waals surface area contributed by atoms with Crippen molar-refractivity contribution in [2.75, 3.05) is 18.7 Å². The summed E-state index contributed by atoms with van der Waals surface area (Å²) in [5, 5.41) is 2.77. The van der Waals surface area contributed by atoms with E-state index in [2.05, 4.69) is 5.32 Å². The number of hydrogen-bond donors (Lipinski definition) is 1. The number of amides is 3. The van der Waals surface area contributed by atoms with Gasteiger partial charge in [0, 0.05) is 16.8 Å². The lowest BCUT2D eigenvalue weighted by molar-refractivity contribution is -0.123. The summed E-state index contributed by atoms with van der Waals surface area (Å²) in [7, 11) is 0. The molecule has 0 saturated carbocycles. The van der Waals surface area contributed by atoms with Gasteiger partial charge in [0.25, 0.3) is 17.1 Å². The van der Waals surface area contributed by atoms with E-state index in [1.807, 2.05) is 31.2 Å².